The maximum atomic E-state index is 12.1. The standard InChI is InChI=1S/C13H18F3N3O2/c14-13(15,16)21-10-3-1-2-9(5-10)19-12(20)11-4-8(6-17)7-18-11/h1-3,5,8,11-12,18-20H,4,6-7,17H2. The van der Waals surface area contributed by atoms with Gasteiger partial charge in [0.15, 0.2) is 0 Å². The highest BCUT2D eigenvalue weighted by Gasteiger charge is 2.31. The van der Waals surface area contributed by atoms with Gasteiger partial charge < -0.3 is 26.2 Å². The maximum absolute atomic E-state index is 12.1. The minimum absolute atomic E-state index is 0.189. The molecule has 1 heterocycles. The monoisotopic (exact) mass is 305 g/mol. The van der Waals surface area contributed by atoms with Crippen molar-refractivity contribution in [3.63, 3.8) is 0 Å². The Kier molecular flexibility index (Phi) is 4.92. The Morgan fingerprint density at radius 2 is 2.24 bits per heavy atom. The number of alkyl halides is 3. The molecule has 21 heavy (non-hydrogen) atoms. The van der Waals surface area contributed by atoms with Gasteiger partial charge in [-0.15, -0.1) is 13.2 Å². The average molecular weight is 305 g/mol. The van der Waals surface area contributed by atoms with Crippen LogP contribution >= 0.6 is 0 Å². The maximum Gasteiger partial charge on any atom is 0.573 e. The van der Waals surface area contributed by atoms with Crippen LogP contribution in [0.1, 0.15) is 6.42 Å². The van der Waals surface area contributed by atoms with Crippen LogP contribution in [0.15, 0.2) is 24.3 Å². The molecule has 1 aliphatic rings. The fraction of sp³-hybridized carbons (Fsp3) is 0.538. The summed E-state index contributed by atoms with van der Waals surface area (Å²) in [6.45, 7) is 1.25. The van der Waals surface area contributed by atoms with Crippen LogP contribution in [0.5, 0.6) is 5.75 Å². The molecule has 0 radical (unpaired) electrons. The van der Waals surface area contributed by atoms with Gasteiger partial charge in [0, 0.05) is 11.8 Å². The molecule has 2 rings (SSSR count). The minimum atomic E-state index is -4.74. The van der Waals surface area contributed by atoms with E-state index in [1.165, 1.54) is 18.2 Å². The summed E-state index contributed by atoms with van der Waals surface area (Å²) < 4.78 is 40.3. The molecule has 1 aromatic carbocycles. The molecule has 1 aliphatic heterocycles. The summed E-state index contributed by atoms with van der Waals surface area (Å²) in [6.07, 6.45) is -4.94. The van der Waals surface area contributed by atoms with E-state index in [1.54, 1.807) is 6.07 Å². The number of halogens is 3. The summed E-state index contributed by atoms with van der Waals surface area (Å²) in [7, 11) is 0. The third-order valence-corrected chi connectivity index (χ3v) is 3.35. The molecule has 8 heteroatoms. The van der Waals surface area contributed by atoms with Gasteiger partial charge in [0.25, 0.3) is 0 Å². The highest BCUT2D eigenvalue weighted by atomic mass is 19.4. The van der Waals surface area contributed by atoms with Crippen LogP contribution in [-0.2, 0) is 0 Å². The molecule has 1 aromatic rings. The third kappa shape index (κ3) is 4.76. The van der Waals surface area contributed by atoms with Crippen LogP contribution in [0.2, 0.25) is 0 Å². The first kappa shape index (κ1) is 15.9. The van der Waals surface area contributed by atoms with Gasteiger partial charge in [-0.1, -0.05) is 6.07 Å². The van der Waals surface area contributed by atoms with E-state index in [0.29, 0.717) is 24.6 Å². The summed E-state index contributed by atoms with van der Waals surface area (Å²) in [4.78, 5) is 0. The second kappa shape index (κ2) is 6.50. The van der Waals surface area contributed by atoms with E-state index in [-0.39, 0.29) is 11.8 Å². The number of nitrogens with two attached hydrogens (primary N) is 1. The van der Waals surface area contributed by atoms with Crippen molar-refractivity contribution in [2.75, 3.05) is 18.4 Å². The lowest BCUT2D eigenvalue weighted by atomic mass is 10.1. The van der Waals surface area contributed by atoms with Gasteiger partial charge in [-0.25, -0.2) is 0 Å². The molecule has 3 unspecified atom stereocenters. The molecule has 3 atom stereocenters. The summed E-state index contributed by atoms with van der Waals surface area (Å²) in [6, 6.07) is 5.17. The van der Waals surface area contributed by atoms with Gasteiger partial charge in [0.1, 0.15) is 12.0 Å². The van der Waals surface area contributed by atoms with Crippen molar-refractivity contribution in [1.82, 2.24) is 5.32 Å². The molecule has 5 nitrogen and oxygen atoms in total. The van der Waals surface area contributed by atoms with Crippen molar-refractivity contribution in [3.8, 4) is 5.75 Å². The predicted octanol–water partition coefficient (Wildman–Crippen LogP) is 1.25. The van der Waals surface area contributed by atoms with Crippen LogP contribution in [0, 0.1) is 5.92 Å². The van der Waals surface area contributed by atoms with Crippen LogP contribution < -0.4 is 21.1 Å². The van der Waals surface area contributed by atoms with Crippen molar-refractivity contribution in [3.05, 3.63) is 24.3 Å². The molecule has 118 valence electrons. The zero-order valence-electron chi connectivity index (χ0n) is 11.2. The van der Waals surface area contributed by atoms with Crippen molar-refractivity contribution >= 4 is 5.69 Å². The molecular weight excluding hydrogens is 287 g/mol. The second-order valence-electron chi connectivity index (χ2n) is 5.02. The second-order valence-corrected chi connectivity index (χ2v) is 5.02. The van der Waals surface area contributed by atoms with E-state index in [4.69, 9.17) is 5.73 Å². The van der Waals surface area contributed by atoms with Crippen molar-refractivity contribution in [2.24, 2.45) is 11.7 Å². The van der Waals surface area contributed by atoms with Gasteiger partial charge in [0.2, 0.25) is 0 Å². The SMILES string of the molecule is NCC1CNC(C(O)Nc2cccc(OC(F)(F)F)c2)C1. The van der Waals surface area contributed by atoms with Crippen LogP contribution in [0.25, 0.3) is 0 Å². The van der Waals surface area contributed by atoms with Gasteiger partial charge in [-0.3, -0.25) is 0 Å². The fourth-order valence-electron chi connectivity index (χ4n) is 2.32. The zero-order chi connectivity index (χ0) is 15.5. The zero-order valence-corrected chi connectivity index (χ0v) is 11.2. The number of rotatable bonds is 5. The number of nitrogens with one attached hydrogen (secondary N) is 2. The quantitative estimate of drug-likeness (QED) is 0.616. The van der Waals surface area contributed by atoms with Crippen molar-refractivity contribution in [1.29, 1.82) is 0 Å². The predicted molar refractivity (Wildman–Crippen MR) is 71.7 cm³/mol. The lowest BCUT2D eigenvalue weighted by molar-refractivity contribution is -0.274. The van der Waals surface area contributed by atoms with Crippen molar-refractivity contribution < 1.29 is 23.0 Å². The molecule has 0 aliphatic carbocycles. The van der Waals surface area contributed by atoms with E-state index in [2.05, 4.69) is 15.4 Å². The number of hydrogen-bond acceptors (Lipinski definition) is 5. The first-order valence-corrected chi connectivity index (χ1v) is 6.61. The summed E-state index contributed by atoms with van der Waals surface area (Å²) in [5, 5.41) is 15.9. The van der Waals surface area contributed by atoms with E-state index in [9.17, 15) is 18.3 Å². The lowest BCUT2D eigenvalue weighted by Gasteiger charge is -2.21. The topological polar surface area (TPSA) is 79.5 Å². The van der Waals surface area contributed by atoms with E-state index >= 15 is 0 Å². The number of ether oxygens (including phenoxy) is 1. The molecule has 0 bridgehead atoms. The molecule has 0 saturated carbocycles. The summed E-state index contributed by atoms with van der Waals surface area (Å²) in [5.74, 6) is -0.0368. The molecule has 0 aromatic heterocycles. The Bertz CT molecular complexity index is 470. The van der Waals surface area contributed by atoms with Gasteiger partial charge >= 0.3 is 6.36 Å². The lowest BCUT2D eigenvalue weighted by Crippen LogP contribution is -2.39. The normalized spacial score (nSPS) is 23.9. The first-order valence-electron chi connectivity index (χ1n) is 6.61. The smallest absolute Gasteiger partial charge is 0.406 e. The third-order valence-electron chi connectivity index (χ3n) is 3.35. The fourth-order valence-corrected chi connectivity index (χ4v) is 2.32. The molecule has 1 fully saturated rings. The van der Waals surface area contributed by atoms with Crippen LogP contribution in [0.3, 0.4) is 0 Å². The Hall–Kier alpha value is -1.51. The summed E-state index contributed by atoms with van der Waals surface area (Å²) >= 11 is 0. The summed E-state index contributed by atoms with van der Waals surface area (Å²) in [5.41, 5.74) is 5.91. The van der Waals surface area contributed by atoms with E-state index in [0.717, 1.165) is 6.54 Å². The number of aliphatic hydroxyl groups is 1. The molecule has 0 amide bonds. The van der Waals surface area contributed by atoms with Crippen molar-refractivity contribution in [2.45, 2.75) is 25.1 Å². The number of anilines is 1. The Morgan fingerprint density at radius 1 is 1.48 bits per heavy atom. The number of aliphatic hydroxyl groups excluding tert-OH is 1. The largest absolute Gasteiger partial charge is 0.573 e. The highest BCUT2D eigenvalue weighted by molar-refractivity contribution is 5.48. The van der Waals surface area contributed by atoms with Gasteiger partial charge in [0.05, 0.1) is 6.04 Å². The number of hydrogen-bond donors (Lipinski definition) is 4. The van der Waals surface area contributed by atoms with E-state index in [1.807, 2.05) is 0 Å². The first-order chi connectivity index (χ1) is 9.87. The minimum Gasteiger partial charge on any atom is -0.406 e. The van der Waals surface area contributed by atoms with Gasteiger partial charge in [-0.2, -0.15) is 0 Å². The van der Waals surface area contributed by atoms with Gasteiger partial charge in [-0.05, 0) is 37.6 Å². The highest BCUT2D eigenvalue weighted by Crippen LogP contribution is 2.26. The average Bonchev–Trinajstić information content (AvgIpc) is 2.85. The van der Waals surface area contributed by atoms with E-state index < -0.39 is 12.6 Å². The Labute approximate surface area is 120 Å². The Morgan fingerprint density at radius 3 is 2.86 bits per heavy atom. The Balaban J connectivity index is 1.95. The molecule has 1 saturated heterocycles. The van der Waals surface area contributed by atoms with Crippen LogP contribution in [-0.4, -0.2) is 36.8 Å². The molecular formula is C13H18F3N3O2. The molecule has 5 N–H and O–H groups in total. The number of benzene rings is 1. The van der Waals surface area contributed by atoms with Crippen LogP contribution in [0.4, 0.5) is 18.9 Å². The molecule has 0 spiro atoms.